The van der Waals surface area contributed by atoms with Gasteiger partial charge in [-0.15, -0.1) is 0 Å². The number of hydrogen-bond acceptors (Lipinski definition) is 3. The molecule has 0 amide bonds. The van der Waals surface area contributed by atoms with Crippen molar-refractivity contribution in [3.05, 3.63) is 35.9 Å². The molecule has 0 saturated carbocycles. The third-order valence-corrected chi connectivity index (χ3v) is 6.37. The molecule has 0 aromatic heterocycles. The Morgan fingerprint density at radius 3 is 2.57 bits per heavy atom. The SMILES string of the molecule is CC(CS(=O)(=O)N1CCCC(C(C)O)C1)c1ccccc1. The summed E-state index contributed by atoms with van der Waals surface area (Å²) in [6, 6.07) is 9.73. The topological polar surface area (TPSA) is 57.6 Å². The zero-order valence-corrected chi connectivity index (χ0v) is 13.6. The number of sulfonamides is 1. The Kier molecular flexibility index (Phi) is 5.41. The second-order valence-electron chi connectivity index (χ2n) is 6.09. The quantitative estimate of drug-likeness (QED) is 0.907. The average molecular weight is 311 g/mol. The summed E-state index contributed by atoms with van der Waals surface area (Å²) in [5.74, 6) is 0.160. The van der Waals surface area contributed by atoms with Crippen molar-refractivity contribution >= 4 is 10.0 Å². The smallest absolute Gasteiger partial charge is 0.214 e. The maximum atomic E-state index is 12.6. The Morgan fingerprint density at radius 2 is 1.95 bits per heavy atom. The average Bonchev–Trinajstić information content (AvgIpc) is 2.48. The van der Waals surface area contributed by atoms with E-state index in [9.17, 15) is 13.5 Å². The molecule has 1 aliphatic heterocycles. The largest absolute Gasteiger partial charge is 0.393 e. The second kappa shape index (κ2) is 6.90. The van der Waals surface area contributed by atoms with E-state index in [0.29, 0.717) is 13.1 Å². The summed E-state index contributed by atoms with van der Waals surface area (Å²) in [5.41, 5.74) is 1.05. The van der Waals surface area contributed by atoms with Crippen LogP contribution in [0.4, 0.5) is 0 Å². The van der Waals surface area contributed by atoms with Crippen molar-refractivity contribution in [1.82, 2.24) is 4.31 Å². The molecule has 1 aliphatic rings. The zero-order chi connectivity index (χ0) is 15.5. The highest BCUT2D eigenvalue weighted by Gasteiger charge is 2.31. The summed E-state index contributed by atoms with van der Waals surface area (Å²) in [7, 11) is -3.27. The highest BCUT2D eigenvalue weighted by Crippen LogP contribution is 2.25. The number of piperidine rings is 1. The van der Waals surface area contributed by atoms with E-state index in [1.165, 1.54) is 0 Å². The fourth-order valence-corrected chi connectivity index (χ4v) is 4.78. The molecule has 0 spiro atoms. The molecule has 1 saturated heterocycles. The van der Waals surface area contributed by atoms with Gasteiger partial charge in [0.05, 0.1) is 11.9 Å². The summed E-state index contributed by atoms with van der Waals surface area (Å²) in [5, 5.41) is 9.70. The van der Waals surface area contributed by atoms with Crippen molar-refractivity contribution in [3.63, 3.8) is 0 Å². The molecule has 1 aromatic rings. The molecule has 1 N–H and O–H groups in total. The van der Waals surface area contributed by atoms with Gasteiger partial charge in [0.15, 0.2) is 0 Å². The van der Waals surface area contributed by atoms with Gasteiger partial charge < -0.3 is 5.11 Å². The minimum Gasteiger partial charge on any atom is -0.393 e. The molecule has 4 nitrogen and oxygen atoms in total. The van der Waals surface area contributed by atoms with Crippen LogP contribution in [0.25, 0.3) is 0 Å². The number of hydrogen-bond donors (Lipinski definition) is 1. The van der Waals surface area contributed by atoms with Gasteiger partial charge in [-0.25, -0.2) is 12.7 Å². The Morgan fingerprint density at radius 1 is 1.29 bits per heavy atom. The number of nitrogens with zero attached hydrogens (tertiary/aromatic N) is 1. The minimum atomic E-state index is -3.27. The van der Waals surface area contributed by atoms with Gasteiger partial charge in [-0.1, -0.05) is 37.3 Å². The summed E-state index contributed by atoms with van der Waals surface area (Å²) in [4.78, 5) is 0. The molecular weight excluding hydrogens is 286 g/mol. The van der Waals surface area contributed by atoms with Crippen LogP contribution >= 0.6 is 0 Å². The van der Waals surface area contributed by atoms with Gasteiger partial charge in [0.25, 0.3) is 0 Å². The highest BCUT2D eigenvalue weighted by atomic mass is 32.2. The second-order valence-corrected chi connectivity index (χ2v) is 8.10. The molecule has 1 aromatic carbocycles. The van der Waals surface area contributed by atoms with E-state index in [4.69, 9.17) is 0 Å². The van der Waals surface area contributed by atoms with Crippen LogP contribution in [0.3, 0.4) is 0 Å². The highest BCUT2D eigenvalue weighted by molar-refractivity contribution is 7.89. The molecule has 2 rings (SSSR count). The fourth-order valence-electron chi connectivity index (χ4n) is 2.92. The molecule has 1 heterocycles. The van der Waals surface area contributed by atoms with E-state index < -0.39 is 16.1 Å². The van der Waals surface area contributed by atoms with E-state index in [1.54, 1.807) is 11.2 Å². The van der Waals surface area contributed by atoms with Crippen LogP contribution in [0.15, 0.2) is 30.3 Å². The van der Waals surface area contributed by atoms with Gasteiger partial charge in [0.1, 0.15) is 0 Å². The molecule has 5 heteroatoms. The number of aliphatic hydroxyl groups excluding tert-OH is 1. The molecule has 0 radical (unpaired) electrons. The first-order valence-corrected chi connectivity index (χ1v) is 9.22. The lowest BCUT2D eigenvalue weighted by molar-refractivity contribution is 0.0885. The zero-order valence-electron chi connectivity index (χ0n) is 12.8. The minimum absolute atomic E-state index is 0.0249. The van der Waals surface area contributed by atoms with Crippen molar-refractivity contribution in [1.29, 1.82) is 0 Å². The van der Waals surface area contributed by atoms with Crippen LogP contribution in [0.5, 0.6) is 0 Å². The van der Waals surface area contributed by atoms with Gasteiger partial charge in [-0.3, -0.25) is 0 Å². The maximum absolute atomic E-state index is 12.6. The molecule has 0 bridgehead atoms. The van der Waals surface area contributed by atoms with Gasteiger partial charge >= 0.3 is 0 Å². The fraction of sp³-hybridized carbons (Fsp3) is 0.625. The lowest BCUT2D eigenvalue weighted by Crippen LogP contribution is -2.44. The van der Waals surface area contributed by atoms with E-state index in [-0.39, 0.29) is 17.6 Å². The normalized spacial score (nSPS) is 23.7. The van der Waals surface area contributed by atoms with E-state index in [2.05, 4.69) is 0 Å². The Labute approximate surface area is 127 Å². The Balaban J connectivity index is 2.04. The lowest BCUT2D eigenvalue weighted by atomic mass is 9.95. The molecular formula is C16H25NO3S. The van der Waals surface area contributed by atoms with Crippen LogP contribution < -0.4 is 0 Å². The standard InChI is InChI=1S/C16H25NO3S/c1-13(15-7-4-3-5-8-15)12-21(19,20)17-10-6-9-16(11-17)14(2)18/h3-5,7-8,13-14,16,18H,6,9-12H2,1-2H3. The van der Waals surface area contributed by atoms with Crippen LogP contribution in [0.2, 0.25) is 0 Å². The molecule has 3 atom stereocenters. The lowest BCUT2D eigenvalue weighted by Gasteiger charge is -2.34. The molecule has 1 fully saturated rings. The third kappa shape index (κ3) is 4.28. The van der Waals surface area contributed by atoms with Crippen LogP contribution in [0.1, 0.15) is 38.2 Å². The van der Waals surface area contributed by atoms with Crippen molar-refractivity contribution < 1.29 is 13.5 Å². The molecule has 118 valence electrons. The number of rotatable bonds is 5. The summed E-state index contributed by atoms with van der Waals surface area (Å²) < 4.78 is 26.7. The predicted molar refractivity (Wildman–Crippen MR) is 84.6 cm³/mol. The first kappa shape index (κ1) is 16.5. The van der Waals surface area contributed by atoms with E-state index in [0.717, 1.165) is 18.4 Å². The summed E-state index contributed by atoms with van der Waals surface area (Å²) >= 11 is 0. The van der Waals surface area contributed by atoms with Gasteiger partial charge in [0, 0.05) is 13.1 Å². The van der Waals surface area contributed by atoms with Crippen LogP contribution in [0, 0.1) is 5.92 Å². The van der Waals surface area contributed by atoms with Crippen molar-refractivity contribution in [2.45, 2.75) is 38.7 Å². The Hall–Kier alpha value is -0.910. The summed E-state index contributed by atoms with van der Waals surface area (Å²) in [6.45, 7) is 4.71. The first-order valence-electron chi connectivity index (χ1n) is 7.61. The molecule has 0 aliphatic carbocycles. The van der Waals surface area contributed by atoms with Crippen LogP contribution in [-0.4, -0.2) is 42.8 Å². The van der Waals surface area contributed by atoms with Crippen LogP contribution in [-0.2, 0) is 10.0 Å². The molecule has 3 unspecified atom stereocenters. The van der Waals surface area contributed by atoms with Gasteiger partial charge in [-0.05, 0) is 37.2 Å². The van der Waals surface area contributed by atoms with Gasteiger partial charge in [0.2, 0.25) is 10.0 Å². The summed E-state index contributed by atoms with van der Waals surface area (Å²) in [6.07, 6.45) is 1.28. The first-order chi connectivity index (χ1) is 9.90. The van der Waals surface area contributed by atoms with Crippen molar-refractivity contribution in [2.75, 3.05) is 18.8 Å². The van der Waals surface area contributed by atoms with Crippen molar-refractivity contribution in [3.8, 4) is 0 Å². The molecule has 21 heavy (non-hydrogen) atoms. The Bertz CT molecular complexity index is 542. The third-order valence-electron chi connectivity index (χ3n) is 4.33. The number of aliphatic hydroxyl groups is 1. The van der Waals surface area contributed by atoms with Gasteiger partial charge in [-0.2, -0.15) is 0 Å². The maximum Gasteiger partial charge on any atom is 0.214 e. The predicted octanol–water partition coefficient (Wildman–Crippen LogP) is 2.21. The number of benzene rings is 1. The van der Waals surface area contributed by atoms with Crippen molar-refractivity contribution in [2.24, 2.45) is 5.92 Å². The monoisotopic (exact) mass is 311 g/mol. The van der Waals surface area contributed by atoms with E-state index in [1.807, 2.05) is 37.3 Å². The van der Waals surface area contributed by atoms with E-state index >= 15 is 0 Å².